The zero-order valence-corrected chi connectivity index (χ0v) is 7.54. The molecule has 0 aliphatic heterocycles. The number of hydrogen-bond donors (Lipinski definition) is 2. The second-order valence-corrected chi connectivity index (χ2v) is 2.89. The Labute approximate surface area is 84.6 Å². The summed E-state index contributed by atoms with van der Waals surface area (Å²) in [5, 5.41) is 17.7. The lowest BCUT2D eigenvalue weighted by molar-refractivity contribution is 0.0653. The van der Waals surface area contributed by atoms with Gasteiger partial charge >= 0.3 is 11.9 Å². The van der Waals surface area contributed by atoms with Crippen LogP contribution in [0.2, 0.25) is 0 Å². The third kappa shape index (κ3) is 1.80. The summed E-state index contributed by atoms with van der Waals surface area (Å²) in [6.07, 6.45) is 1.26. The maximum absolute atomic E-state index is 10.5. The van der Waals surface area contributed by atoms with Crippen molar-refractivity contribution in [2.75, 3.05) is 0 Å². The minimum absolute atomic E-state index is 0.140. The van der Waals surface area contributed by atoms with Crippen LogP contribution in [-0.2, 0) is 0 Å². The molecule has 1 heterocycles. The first-order valence-electron chi connectivity index (χ1n) is 4.15. The Hall–Kier alpha value is -2.30. The molecule has 2 rings (SSSR count). The molecule has 0 spiro atoms. The molecule has 0 radical (unpaired) electrons. The van der Waals surface area contributed by atoms with Crippen LogP contribution in [-0.4, -0.2) is 21.2 Å². The maximum Gasteiger partial charge on any atom is 0.392 e. The Morgan fingerprint density at radius 3 is 2.47 bits per heavy atom. The van der Waals surface area contributed by atoms with Crippen LogP contribution < -0.4 is 0 Å². The quantitative estimate of drug-likeness (QED) is 0.780. The molecule has 15 heavy (non-hydrogen) atoms. The van der Waals surface area contributed by atoms with Crippen molar-refractivity contribution in [3.8, 4) is 17.0 Å². The predicted octanol–water partition coefficient (Wildman–Crippen LogP) is 1.75. The molecule has 2 N–H and O–H groups in total. The van der Waals surface area contributed by atoms with Crippen LogP contribution in [0.3, 0.4) is 0 Å². The van der Waals surface area contributed by atoms with Crippen LogP contribution in [0.25, 0.3) is 11.3 Å². The number of benzene rings is 1. The highest BCUT2D eigenvalue weighted by atomic mass is 16.4. The van der Waals surface area contributed by atoms with Gasteiger partial charge in [-0.05, 0) is 24.3 Å². The van der Waals surface area contributed by atoms with E-state index in [0.717, 1.165) is 0 Å². The number of phenolic OH excluding ortho intramolecular Hbond substituents is 1. The van der Waals surface area contributed by atoms with E-state index in [-0.39, 0.29) is 11.6 Å². The summed E-state index contributed by atoms with van der Waals surface area (Å²) in [6, 6.07) is 6.23. The van der Waals surface area contributed by atoms with Gasteiger partial charge in [-0.2, -0.15) is 0 Å². The second-order valence-electron chi connectivity index (χ2n) is 2.89. The monoisotopic (exact) mass is 205 g/mol. The minimum Gasteiger partial charge on any atom is -0.508 e. The average Bonchev–Trinajstić information content (AvgIpc) is 2.68. The van der Waals surface area contributed by atoms with E-state index >= 15 is 0 Å². The minimum atomic E-state index is -1.21. The molecule has 1 aromatic heterocycles. The third-order valence-electron chi connectivity index (χ3n) is 1.85. The number of phenols is 1. The lowest BCUT2D eigenvalue weighted by Gasteiger charge is -1.94. The first-order valence-corrected chi connectivity index (χ1v) is 4.15. The number of hydrogen-bond acceptors (Lipinski definition) is 4. The van der Waals surface area contributed by atoms with Gasteiger partial charge in [0.05, 0.1) is 0 Å². The Kier molecular flexibility index (Phi) is 2.13. The van der Waals surface area contributed by atoms with E-state index in [1.54, 1.807) is 12.1 Å². The standard InChI is InChI=1S/C10H7NO4/c12-7-3-1-6(2-4-7)8-5-15-9(11-8)10(13)14/h1-5,12H,(H,13,14). The number of carbonyl (C=O) groups is 1. The summed E-state index contributed by atoms with van der Waals surface area (Å²) in [5.41, 5.74) is 1.11. The highest BCUT2D eigenvalue weighted by Gasteiger charge is 2.11. The number of nitrogens with zero attached hydrogens (tertiary/aromatic N) is 1. The molecule has 1 aromatic carbocycles. The van der Waals surface area contributed by atoms with Crippen molar-refractivity contribution in [1.29, 1.82) is 0 Å². The number of aromatic hydroxyl groups is 1. The first kappa shape index (κ1) is 9.26. The van der Waals surface area contributed by atoms with Crippen LogP contribution in [0.15, 0.2) is 34.9 Å². The molecule has 0 aliphatic carbocycles. The van der Waals surface area contributed by atoms with E-state index in [2.05, 4.69) is 4.98 Å². The van der Waals surface area contributed by atoms with Gasteiger partial charge < -0.3 is 14.6 Å². The number of carboxylic acids is 1. The van der Waals surface area contributed by atoms with Gasteiger partial charge in [-0.25, -0.2) is 9.78 Å². The molecule has 0 unspecified atom stereocenters. The normalized spacial score (nSPS) is 10.1. The van der Waals surface area contributed by atoms with Crippen LogP contribution in [0.1, 0.15) is 10.7 Å². The summed E-state index contributed by atoms with van der Waals surface area (Å²) in [5.74, 6) is -1.42. The van der Waals surface area contributed by atoms with Gasteiger partial charge in [-0.3, -0.25) is 0 Å². The molecular weight excluding hydrogens is 198 g/mol. The zero-order chi connectivity index (χ0) is 10.8. The highest BCUT2D eigenvalue weighted by molar-refractivity contribution is 5.83. The molecule has 0 aliphatic rings. The van der Waals surface area contributed by atoms with Crippen molar-refractivity contribution in [2.24, 2.45) is 0 Å². The topological polar surface area (TPSA) is 83.6 Å². The van der Waals surface area contributed by atoms with E-state index in [9.17, 15) is 4.79 Å². The zero-order valence-electron chi connectivity index (χ0n) is 7.54. The number of aromatic carboxylic acids is 1. The predicted molar refractivity (Wildman–Crippen MR) is 50.6 cm³/mol. The number of carboxylic acid groups (broad SMARTS) is 1. The fourth-order valence-electron chi connectivity index (χ4n) is 1.14. The smallest absolute Gasteiger partial charge is 0.392 e. The van der Waals surface area contributed by atoms with Gasteiger partial charge in [0, 0.05) is 5.56 Å². The molecule has 2 aromatic rings. The SMILES string of the molecule is O=C(O)c1nc(-c2ccc(O)cc2)co1. The van der Waals surface area contributed by atoms with E-state index < -0.39 is 5.97 Å². The van der Waals surface area contributed by atoms with Crippen LogP contribution in [0.4, 0.5) is 0 Å². The fourth-order valence-corrected chi connectivity index (χ4v) is 1.14. The highest BCUT2D eigenvalue weighted by Crippen LogP contribution is 2.20. The molecule has 0 bridgehead atoms. The largest absolute Gasteiger partial charge is 0.508 e. The Balaban J connectivity index is 2.37. The van der Waals surface area contributed by atoms with E-state index in [1.165, 1.54) is 18.4 Å². The van der Waals surface area contributed by atoms with Gasteiger partial charge in [0.15, 0.2) is 0 Å². The Morgan fingerprint density at radius 2 is 1.93 bits per heavy atom. The van der Waals surface area contributed by atoms with Crippen molar-refractivity contribution < 1.29 is 19.4 Å². The summed E-state index contributed by atoms with van der Waals surface area (Å²) in [7, 11) is 0. The Morgan fingerprint density at radius 1 is 1.27 bits per heavy atom. The first-order chi connectivity index (χ1) is 7.16. The molecule has 5 heteroatoms. The van der Waals surface area contributed by atoms with Crippen LogP contribution in [0, 0.1) is 0 Å². The lowest BCUT2D eigenvalue weighted by atomic mass is 10.2. The summed E-state index contributed by atoms with van der Waals surface area (Å²) < 4.78 is 4.74. The molecule has 0 atom stereocenters. The average molecular weight is 205 g/mol. The van der Waals surface area contributed by atoms with Gasteiger partial charge in [-0.1, -0.05) is 0 Å². The van der Waals surface area contributed by atoms with Crippen molar-refractivity contribution in [1.82, 2.24) is 4.98 Å². The van der Waals surface area contributed by atoms with Crippen molar-refractivity contribution >= 4 is 5.97 Å². The van der Waals surface area contributed by atoms with Crippen LogP contribution in [0.5, 0.6) is 5.75 Å². The van der Waals surface area contributed by atoms with E-state index in [0.29, 0.717) is 11.3 Å². The molecule has 0 saturated heterocycles. The van der Waals surface area contributed by atoms with Crippen molar-refractivity contribution in [3.05, 3.63) is 36.4 Å². The second kappa shape index (κ2) is 3.45. The number of oxazole rings is 1. The summed E-state index contributed by atoms with van der Waals surface area (Å²) >= 11 is 0. The van der Waals surface area contributed by atoms with E-state index in [1.807, 2.05) is 0 Å². The van der Waals surface area contributed by atoms with Gasteiger partial charge in [0.25, 0.3) is 0 Å². The molecular formula is C10H7NO4. The van der Waals surface area contributed by atoms with Gasteiger partial charge in [0.2, 0.25) is 0 Å². The summed E-state index contributed by atoms with van der Waals surface area (Å²) in [4.78, 5) is 14.3. The third-order valence-corrected chi connectivity index (χ3v) is 1.85. The maximum atomic E-state index is 10.5. The van der Waals surface area contributed by atoms with E-state index in [4.69, 9.17) is 14.6 Å². The lowest BCUT2D eigenvalue weighted by Crippen LogP contribution is -1.95. The van der Waals surface area contributed by atoms with Crippen LogP contribution >= 0.6 is 0 Å². The molecule has 0 fully saturated rings. The van der Waals surface area contributed by atoms with Crippen molar-refractivity contribution in [2.45, 2.75) is 0 Å². The summed E-state index contributed by atoms with van der Waals surface area (Å²) in [6.45, 7) is 0. The fraction of sp³-hybridized carbons (Fsp3) is 0. The van der Waals surface area contributed by atoms with Gasteiger partial charge in [0.1, 0.15) is 17.7 Å². The molecule has 5 nitrogen and oxygen atoms in total. The van der Waals surface area contributed by atoms with Gasteiger partial charge in [-0.15, -0.1) is 0 Å². The number of aromatic nitrogens is 1. The van der Waals surface area contributed by atoms with Crippen molar-refractivity contribution in [3.63, 3.8) is 0 Å². The Bertz CT molecular complexity index is 486. The molecule has 76 valence electrons. The number of rotatable bonds is 2. The molecule has 0 saturated carbocycles. The molecule has 0 amide bonds.